The van der Waals surface area contributed by atoms with Crippen LogP contribution in [0.25, 0.3) is 10.1 Å². The van der Waals surface area contributed by atoms with Crippen molar-refractivity contribution in [2.45, 2.75) is 6.42 Å². The van der Waals surface area contributed by atoms with Gasteiger partial charge in [-0.1, -0.05) is 6.07 Å². The first-order chi connectivity index (χ1) is 9.74. The Morgan fingerprint density at radius 3 is 3.10 bits per heavy atom. The number of nitrogens with zero attached hydrogens (tertiary/aromatic N) is 1. The number of aromatic amines is 1. The maximum Gasteiger partial charge on any atom is 0.261 e. The number of aromatic nitrogens is 2. The van der Waals surface area contributed by atoms with Crippen molar-refractivity contribution in [3.63, 3.8) is 0 Å². The SMILES string of the molecule is O=C(NCCc1cnc[nH]1)c1cc2c(F)cccc2s1. The molecule has 0 bridgehead atoms. The molecule has 3 rings (SSSR count). The molecule has 0 saturated carbocycles. The lowest BCUT2D eigenvalue weighted by atomic mass is 10.2. The first-order valence-corrected chi connectivity index (χ1v) is 6.99. The smallest absolute Gasteiger partial charge is 0.261 e. The van der Waals surface area contributed by atoms with Crippen LogP contribution >= 0.6 is 11.3 Å². The van der Waals surface area contributed by atoms with Gasteiger partial charge in [0.15, 0.2) is 0 Å². The fourth-order valence-electron chi connectivity index (χ4n) is 1.96. The summed E-state index contributed by atoms with van der Waals surface area (Å²) in [4.78, 5) is 19.4. The highest BCUT2D eigenvalue weighted by Gasteiger charge is 2.11. The van der Waals surface area contributed by atoms with E-state index in [2.05, 4.69) is 15.3 Å². The van der Waals surface area contributed by atoms with Gasteiger partial charge in [0.2, 0.25) is 0 Å². The number of hydrogen-bond donors (Lipinski definition) is 2. The molecule has 1 amide bonds. The Hall–Kier alpha value is -2.21. The predicted octanol–water partition coefficient (Wildman–Crippen LogP) is 2.74. The molecule has 0 atom stereocenters. The van der Waals surface area contributed by atoms with Crippen LogP contribution in [0.1, 0.15) is 15.4 Å². The molecule has 4 nitrogen and oxygen atoms in total. The van der Waals surface area contributed by atoms with Gasteiger partial charge in [0.05, 0.1) is 11.2 Å². The molecule has 2 N–H and O–H groups in total. The standard InChI is InChI=1S/C14H12FN3OS/c15-11-2-1-3-12-10(11)6-13(20-12)14(19)17-5-4-9-7-16-8-18-9/h1-3,6-8H,4-5H2,(H,16,18)(H,17,19). The van der Waals surface area contributed by atoms with E-state index in [0.717, 1.165) is 10.4 Å². The van der Waals surface area contributed by atoms with Gasteiger partial charge in [-0.3, -0.25) is 4.79 Å². The fourth-order valence-corrected chi connectivity index (χ4v) is 2.95. The van der Waals surface area contributed by atoms with Crippen molar-refractivity contribution in [3.8, 4) is 0 Å². The molecular formula is C14H12FN3OS. The Bertz CT molecular complexity index is 736. The number of fused-ring (bicyclic) bond motifs is 1. The Kier molecular flexibility index (Phi) is 3.47. The molecular weight excluding hydrogens is 277 g/mol. The van der Waals surface area contributed by atoms with Gasteiger partial charge in [0.25, 0.3) is 5.91 Å². The second-order valence-corrected chi connectivity index (χ2v) is 5.43. The van der Waals surface area contributed by atoms with Crippen LogP contribution in [0.5, 0.6) is 0 Å². The van der Waals surface area contributed by atoms with E-state index in [4.69, 9.17) is 0 Å². The minimum Gasteiger partial charge on any atom is -0.351 e. The fraction of sp³-hybridized carbons (Fsp3) is 0.143. The van der Waals surface area contributed by atoms with Gasteiger partial charge >= 0.3 is 0 Å². The molecule has 1 aromatic carbocycles. The van der Waals surface area contributed by atoms with Crippen molar-refractivity contribution in [1.29, 1.82) is 0 Å². The Morgan fingerprint density at radius 1 is 1.45 bits per heavy atom. The molecule has 0 saturated heterocycles. The third-order valence-electron chi connectivity index (χ3n) is 2.97. The normalized spacial score (nSPS) is 10.8. The molecule has 0 aliphatic carbocycles. The van der Waals surface area contributed by atoms with Crippen molar-refractivity contribution < 1.29 is 9.18 Å². The van der Waals surface area contributed by atoms with E-state index in [1.165, 1.54) is 17.4 Å². The van der Waals surface area contributed by atoms with Crippen LogP contribution in [0, 0.1) is 5.82 Å². The van der Waals surface area contributed by atoms with Crippen LogP contribution in [0.15, 0.2) is 36.8 Å². The summed E-state index contributed by atoms with van der Waals surface area (Å²) in [7, 11) is 0. The van der Waals surface area contributed by atoms with Gasteiger partial charge in [-0.05, 0) is 18.2 Å². The topological polar surface area (TPSA) is 57.8 Å². The van der Waals surface area contributed by atoms with Crippen LogP contribution in [-0.4, -0.2) is 22.4 Å². The van der Waals surface area contributed by atoms with E-state index in [1.807, 2.05) is 6.07 Å². The molecule has 102 valence electrons. The summed E-state index contributed by atoms with van der Waals surface area (Å²) in [5, 5.41) is 3.32. The summed E-state index contributed by atoms with van der Waals surface area (Å²) in [6.45, 7) is 0.512. The number of rotatable bonds is 4. The average molecular weight is 289 g/mol. The second-order valence-electron chi connectivity index (χ2n) is 4.35. The van der Waals surface area contributed by atoms with Crippen molar-refractivity contribution in [3.05, 3.63) is 53.2 Å². The van der Waals surface area contributed by atoms with Crippen molar-refractivity contribution in [2.75, 3.05) is 6.54 Å². The highest BCUT2D eigenvalue weighted by atomic mass is 32.1. The van der Waals surface area contributed by atoms with E-state index in [0.29, 0.717) is 23.2 Å². The molecule has 3 aromatic rings. The molecule has 0 aliphatic rings. The first kappa shape index (κ1) is 12.8. The Morgan fingerprint density at radius 2 is 2.35 bits per heavy atom. The maximum atomic E-state index is 13.6. The Balaban J connectivity index is 1.68. The molecule has 6 heteroatoms. The van der Waals surface area contributed by atoms with Gasteiger partial charge in [-0.25, -0.2) is 9.37 Å². The Labute approximate surface area is 118 Å². The van der Waals surface area contributed by atoms with Gasteiger partial charge in [-0.2, -0.15) is 0 Å². The second kappa shape index (κ2) is 5.42. The van der Waals surface area contributed by atoms with E-state index in [9.17, 15) is 9.18 Å². The number of thiophene rings is 1. The minimum atomic E-state index is -0.296. The third-order valence-corrected chi connectivity index (χ3v) is 4.07. The highest BCUT2D eigenvalue weighted by molar-refractivity contribution is 7.20. The molecule has 0 radical (unpaired) electrons. The molecule has 2 aromatic heterocycles. The average Bonchev–Trinajstić information content (AvgIpc) is 3.07. The van der Waals surface area contributed by atoms with E-state index < -0.39 is 0 Å². The summed E-state index contributed by atoms with van der Waals surface area (Å²) in [5.41, 5.74) is 0.965. The largest absolute Gasteiger partial charge is 0.351 e. The zero-order valence-electron chi connectivity index (χ0n) is 10.5. The summed E-state index contributed by atoms with van der Waals surface area (Å²) in [6, 6.07) is 6.45. The molecule has 0 unspecified atom stereocenters. The summed E-state index contributed by atoms with van der Waals surface area (Å²) < 4.78 is 14.3. The lowest BCUT2D eigenvalue weighted by molar-refractivity contribution is 0.0958. The number of halogens is 1. The third kappa shape index (κ3) is 2.55. The molecule has 0 fully saturated rings. The van der Waals surface area contributed by atoms with Crippen LogP contribution < -0.4 is 5.32 Å². The van der Waals surface area contributed by atoms with Gasteiger partial charge in [-0.15, -0.1) is 11.3 Å². The number of H-pyrrole nitrogens is 1. The number of amides is 1. The van der Waals surface area contributed by atoms with E-state index in [1.54, 1.807) is 24.7 Å². The van der Waals surface area contributed by atoms with Gasteiger partial charge in [0.1, 0.15) is 5.82 Å². The zero-order valence-corrected chi connectivity index (χ0v) is 11.3. The number of imidazole rings is 1. The lowest BCUT2D eigenvalue weighted by Crippen LogP contribution is -2.24. The maximum absolute atomic E-state index is 13.6. The number of nitrogens with one attached hydrogen (secondary N) is 2. The van der Waals surface area contributed by atoms with Gasteiger partial charge in [0, 0.05) is 34.9 Å². The van der Waals surface area contributed by atoms with E-state index >= 15 is 0 Å². The molecule has 0 spiro atoms. The number of benzene rings is 1. The quantitative estimate of drug-likeness (QED) is 0.776. The highest BCUT2D eigenvalue weighted by Crippen LogP contribution is 2.27. The predicted molar refractivity (Wildman–Crippen MR) is 76.4 cm³/mol. The summed E-state index contributed by atoms with van der Waals surface area (Å²) in [5.74, 6) is -0.472. The molecule has 20 heavy (non-hydrogen) atoms. The number of hydrogen-bond acceptors (Lipinski definition) is 3. The number of carbonyl (C=O) groups is 1. The van der Waals surface area contributed by atoms with E-state index in [-0.39, 0.29) is 11.7 Å². The summed E-state index contributed by atoms with van der Waals surface area (Å²) in [6.07, 6.45) is 4.01. The molecule has 2 heterocycles. The minimum absolute atomic E-state index is 0.176. The zero-order chi connectivity index (χ0) is 13.9. The van der Waals surface area contributed by atoms with Gasteiger partial charge < -0.3 is 10.3 Å². The summed E-state index contributed by atoms with van der Waals surface area (Å²) >= 11 is 1.30. The lowest BCUT2D eigenvalue weighted by Gasteiger charge is -2.01. The number of carbonyl (C=O) groups excluding carboxylic acids is 1. The monoisotopic (exact) mass is 289 g/mol. The van der Waals surface area contributed by atoms with Crippen molar-refractivity contribution >= 4 is 27.3 Å². The first-order valence-electron chi connectivity index (χ1n) is 6.17. The molecule has 0 aliphatic heterocycles. The van der Waals surface area contributed by atoms with Crippen LogP contribution in [0.2, 0.25) is 0 Å². The van der Waals surface area contributed by atoms with Crippen LogP contribution in [0.3, 0.4) is 0 Å². The van der Waals surface area contributed by atoms with Crippen molar-refractivity contribution in [2.24, 2.45) is 0 Å². The van der Waals surface area contributed by atoms with Crippen molar-refractivity contribution in [1.82, 2.24) is 15.3 Å². The van der Waals surface area contributed by atoms with Crippen LogP contribution in [0.4, 0.5) is 4.39 Å². The van der Waals surface area contributed by atoms with Crippen LogP contribution in [-0.2, 0) is 6.42 Å².